The van der Waals surface area contributed by atoms with E-state index in [9.17, 15) is 9.59 Å². The fraction of sp³-hybridized carbons (Fsp3) is 0.394. The lowest BCUT2D eigenvalue weighted by atomic mass is 9.93. The Morgan fingerprint density at radius 2 is 1.87 bits per heavy atom. The number of rotatable bonds is 10. The van der Waals surface area contributed by atoms with Gasteiger partial charge in [-0.05, 0) is 79.5 Å². The van der Waals surface area contributed by atoms with E-state index < -0.39 is 0 Å². The van der Waals surface area contributed by atoms with Gasteiger partial charge in [0.15, 0.2) is 0 Å². The number of aryl methyl sites for hydroxylation is 3. The van der Waals surface area contributed by atoms with Crippen molar-refractivity contribution in [1.82, 2.24) is 14.5 Å². The summed E-state index contributed by atoms with van der Waals surface area (Å²) in [5, 5.41) is 1.32. The Kier molecular flexibility index (Phi) is 8.62. The lowest BCUT2D eigenvalue weighted by Gasteiger charge is -2.33. The molecular weight excluding hydrogens is 486 g/mol. The van der Waals surface area contributed by atoms with Gasteiger partial charge in [0.1, 0.15) is 0 Å². The number of aromatic amines is 1. The first-order valence-electron chi connectivity index (χ1n) is 14.2. The predicted molar refractivity (Wildman–Crippen MR) is 157 cm³/mol. The van der Waals surface area contributed by atoms with Crippen molar-refractivity contribution in [2.24, 2.45) is 0 Å². The lowest BCUT2D eigenvalue weighted by molar-refractivity contribution is -0.132. The molecule has 2 aromatic carbocycles. The van der Waals surface area contributed by atoms with E-state index in [0.717, 1.165) is 69.5 Å². The maximum atomic E-state index is 13.2. The number of H-pyrrole nitrogens is 1. The van der Waals surface area contributed by atoms with Gasteiger partial charge in [0.25, 0.3) is 0 Å². The average molecular weight is 526 g/mol. The summed E-state index contributed by atoms with van der Waals surface area (Å²) >= 11 is 0. The number of likely N-dealkylation sites (tertiary alicyclic amines) is 1. The van der Waals surface area contributed by atoms with E-state index in [2.05, 4.69) is 69.9 Å². The minimum absolute atomic E-state index is 0.0976. The molecule has 0 saturated carbocycles. The second-order valence-electron chi connectivity index (χ2n) is 10.7. The molecule has 1 fully saturated rings. The first-order valence-corrected chi connectivity index (χ1v) is 14.2. The molecule has 1 saturated heterocycles. The van der Waals surface area contributed by atoms with Gasteiger partial charge < -0.3 is 19.2 Å². The molecule has 4 aromatic rings. The summed E-state index contributed by atoms with van der Waals surface area (Å²) in [5.74, 6) is 0.625. The summed E-state index contributed by atoms with van der Waals surface area (Å²) in [6, 6.07) is 20.7. The van der Waals surface area contributed by atoms with Crippen LogP contribution in [0.25, 0.3) is 22.0 Å². The number of piperidine rings is 1. The van der Waals surface area contributed by atoms with Crippen LogP contribution < -0.4 is 5.56 Å². The van der Waals surface area contributed by atoms with Gasteiger partial charge >= 0.3 is 0 Å². The van der Waals surface area contributed by atoms with Crippen LogP contribution in [0, 0.1) is 6.92 Å². The number of aromatic nitrogens is 2. The predicted octanol–water partition coefficient (Wildman–Crippen LogP) is 6.07. The van der Waals surface area contributed by atoms with Crippen LogP contribution in [0.15, 0.2) is 71.7 Å². The Morgan fingerprint density at radius 3 is 2.64 bits per heavy atom. The molecule has 2 aromatic heterocycles. The number of pyridine rings is 1. The number of ether oxygens (including phenoxy) is 1. The third-order valence-electron chi connectivity index (χ3n) is 8.05. The highest BCUT2D eigenvalue weighted by atomic mass is 16.5. The van der Waals surface area contributed by atoms with Crippen LogP contribution in [-0.2, 0) is 22.5 Å². The Morgan fingerprint density at radius 1 is 1.05 bits per heavy atom. The van der Waals surface area contributed by atoms with Crippen molar-refractivity contribution in [2.75, 3.05) is 26.8 Å². The van der Waals surface area contributed by atoms with Gasteiger partial charge in [-0.15, -0.1) is 0 Å². The first-order chi connectivity index (χ1) is 19.0. The highest BCUT2D eigenvalue weighted by molar-refractivity contribution is 5.85. The minimum atomic E-state index is -0.0976. The SMILES string of the molecule is COCCCn1c(C2CCCN(C(=O)CCCc3ccc(-c4ccc(=O)[nH]c4)cc3)C2)cc2c(C)cccc21. The molecule has 1 aliphatic heterocycles. The highest BCUT2D eigenvalue weighted by Crippen LogP contribution is 2.33. The number of hydrogen-bond donors (Lipinski definition) is 1. The van der Waals surface area contributed by atoms with Gasteiger partial charge in [-0.3, -0.25) is 9.59 Å². The van der Waals surface area contributed by atoms with E-state index in [-0.39, 0.29) is 11.5 Å². The van der Waals surface area contributed by atoms with Crippen molar-refractivity contribution in [2.45, 2.75) is 57.9 Å². The van der Waals surface area contributed by atoms with Crippen molar-refractivity contribution in [3.8, 4) is 11.1 Å². The van der Waals surface area contributed by atoms with Crippen LogP contribution >= 0.6 is 0 Å². The largest absolute Gasteiger partial charge is 0.385 e. The number of nitrogens with one attached hydrogen (secondary N) is 1. The number of fused-ring (bicyclic) bond motifs is 1. The molecule has 6 heteroatoms. The molecule has 0 bridgehead atoms. The molecule has 1 atom stereocenters. The molecule has 0 aliphatic carbocycles. The zero-order valence-corrected chi connectivity index (χ0v) is 23.1. The topological polar surface area (TPSA) is 67.3 Å². The molecule has 204 valence electrons. The zero-order valence-electron chi connectivity index (χ0n) is 23.1. The van der Waals surface area contributed by atoms with Crippen molar-refractivity contribution in [3.63, 3.8) is 0 Å². The van der Waals surface area contributed by atoms with E-state index in [1.807, 2.05) is 6.07 Å². The van der Waals surface area contributed by atoms with Crippen molar-refractivity contribution >= 4 is 16.8 Å². The monoisotopic (exact) mass is 525 g/mol. The highest BCUT2D eigenvalue weighted by Gasteiger charge is 2.27. The molecule has 0 spiro atoms. The summed E-state index contributed by atoms with van der Waals surface area (Å²) in [7, 11) is 1.76. The Hall–Kier alpha value is -3.64. The minimum Gasteiger partial charge on any atom is -0.385 e. The number of carbonyl (C=O) groups excluding carboxylic acids is 1. The summed E-state index contributed by atoms with van der Waals surface area (Å²) in [5.41, 5.74) is 7.13. The zero-order chi connectivity index (χ0) is 27.2. The van der Waals surface area contributed by atoms with Gasteiger partial charge in [0.05, 0.1) is 0 Å². The summed E-state index contributed by atoms with van der Waals surface area (Å²) < 4.78 is 7.80. The Bertz CT molecular complexity index is 1450. The molecule has 5 rings (SSSR count). The van der Waals surface area contributed by atoms with Gasteiger partial charge in [-0.25, -0.2) is 0 Å². The summed E-state index contributed by atoms with van der Waals surface area (Å²) in [4.78, 5) is 29.4. The molecule has 0 radical (unpaired) electrons. The third-order valence-corrected chi connectivity index (χ3v) is 8.05. The van der Waals surface area contributed by atoms with Crippen LogP contribution in [0.2, 0.25) is 0 Å². The van der Waals surface area contributed by atoms with Gasteiger partial charge in [0, 0.05) is 74.5 Å². The van der Waals surface area contributed by atoms with Gasteiger partial charge in [-0.1, -0.05) is 36.4 Å². The third kappa shape index (κ3) is 6.34. The summed E-state index contributed by atoms with van der Waals surface area (Å²) in [6.45, 7) is 5.51. The van der Waals surface area contributed by atoms with Crippen LogP contribution in [0.4, 0.5) is 0 Å². The maximum Gasteiger partial charge on any atom is 0.247 e. The second-order valence-corrected chi connectivity index (χ2v) is 10.7. The van der Waals surface area contributed by atoms with E-state index >= 15 is 0 Å². The molecule has 1 amide bonds. The van der Waals surface area contributed by atoms with Crippen molar-refractivity contribution in [1.29, 1.82) is 0 Å². The fourth-order valence-electron chi connectivity index (χ4n) is 5.91. The number of methoxy groups -OCH3 is 1. The number of benzene rings is 2. The number of amides is 1. The van der Waals surface area contributed by atoms with Crippen LogP contribution in [0.1, 0.15) is 54.8 Å². The smallest absolute Gasteiger partial charge is 0.247 e. The fourth-order valence-corrected chi connectivity index (χ4v) is 5.91. The van der Waals surface area contributed by atoms with E-state index in [1.54, 1.807) is 19.4 Å². The number of nitrogens with zero attached hydrogens (tertiary/aromatic N) is 2. The quantitative estimate of drug-likeness (QED) is 0.256. The molecule has 1 N–H and O–H groups in total. The molecule has 1 aliphatic rings. The molecular formula is C33H39N3O3. The van der Waals surface area contributed by atoms with Crippen molar-refractivity contribution in [3.05, 3.63) is 94.0 Å². The standard InChI is InChI=1S/C33H39N3O3/c1-24-7-3-10-30-29(24)21-31(36(30)19-6-20-39-2)28-9-5-18-35(23-28)33(38)11-4-8-25-12-14-26(15-13-25)27-16-17-32(37)34-22-27/h3,7,10,12-17,21-22,28H,4-6,8-9,11,18-20,23H2,1-2H3,(H,34,37). The van der Waals surface area contributed by atoms with E-state index in [0.29, 0.717) is 12.3 Å². The van der Waals surface area contributed by atoms with Crippen LogP contribution in [-0.4, -0.2) is 47.2 Å². The number of hydrogen-bond acceptors (Lipinski definition) is 3. The molecule has 39 heavy (non-hydrogen) atoms. The first kappa shape index (κ1) is 26.9. The van der Waals surface area contributed by atoms with Crippen LogP contribution in [0.5, 0.6) is 0 Å². The summed E-state index contributed by atoms with van der Waals surface area (Å²) in [6.07, 6.45) is 7.16. The van der Waals surface area contributed by atoms with Crippen LogP contribution in [0.3, 0.4) is 0 Å². The second kappa shape index (κ2) is 12.5. The van der Waals surface area contributed by atoms with E-state index in [4.69, 9.17) is 4.74 Å². The maximum absolute atomic E-state index is 13.2. The lowest BCUT2D eigenvalue weighted by Crippen LogP contribution is -2.39. The Labute approximate surface area is 230 Å². The number of carbonyl (C=O) groups is 1. The Balaban J connectivity index is 1.20. The molecule has 6 nitrogen and oxygen atoms in total. The van der Waals surface area contributed by atoms with Gasteiger partial charge in [0.2, 0.25) is 11.5 Å². The van der Waals surface area contributed by atoms with Crippen molar-refractivity contribution < 1.29 is 9.53 Å². The normalized spacial score (nSPS) is 15.6. The molecule has 3 heterocycles. The average Bonchev–Trinajstić information content (AvgIpc) is 3.34. The van der Waals surface area contributed by atoms with E-state index in [1.165, 1.54) is 27.7 Å². The molecule has 1 unspecified atom stereocenters. The van der Waals surface area contributed by atoms with Gasteiger partial charge in [-0.2, -0.15) is 0 Å².